The van der Waals surface area contributed by atoms with Gasteiger partial charge < -0.3 is 4.48 Å². The van der Waals surface area contributed by atoms with Gasteiger partial charge in [0.25, 0.3) is 0 Å². The molecule has 0 aromatic carbocycles. The third kappa shape index (κ3) is 1.55. The van der Waals surface area contributed by atoms with E-state index in [0.29, 0.717) is 0 Å². The molecule has 1 nitrogen and oxygen atoms in total. The SMILES string of the molecule is C=CC[N+](C)(C)C1CC1. The summed E-state index contributed by atoms with van der Waals surface area (Å²) in [5, 5.41) is 0. The number of rotatable bonds is 3. The predicted octanol–water partition coefficient (Wildman–Crippen LogP) is 1.41. The average molecular weight is 126 g/mol. The highest BCUT2D eigenvalue weighted by molar-refractivity contribution is 4.76. The van der Waals surface area contributed by atoms with Gasteiger partial charge in [-0.1, -0.05) is 6.58 Å². The fraction of sp³-hybridized carbons (Fsp3) is 0.750. The first kappa shape index (κ1) is 6.81. The van der Waals surface area contributed by atoms with Gasteiger partial charge in [-0.15, -0.1) is 0 Å². The van der Waals surface area contributed by atoms with E-state index < -0.39 is 0 Å². The zero-order valence-corrected chi connectivity index (χ0v) is 6.43. The minimum atomic E-state index is 0.933. The highest BCUT2D eigenvalue weighted by Gasteiger charge is 2.36. The summed E-state index contributed by atoms with van der Waals surface area (Å²) in [5.74, 6) is 0. The molecule has 0 saturated heterocycles. The molecule has 1 rings (SSSR count). The zero-order chi connectivity index (χ0) is 6.91. The first-order valence-corrected chi connectivity index (χ1v) is 3.60. The summed E-state index contributed by atoms with van der Waals surface area (Å²) in [4.78, 5) is 0. The number of hydrogen-bond donors (Lipinski definition) is 0. The van der Waals surface area contributed by atoms with E-state index in [9.17, 15) is 0 Å². The van der Waals surface area contributed by atoms with Gasteiger partial charge in [0.05, 0.1) is 26.7 Å². The van der Waals surface area contributed by atoms with Crippen LogP contribution in [0.2, 0.25) is 0 Å². The quantitative estimate of drug-likeness (QED) is 0.396. The fourth-order valence-corrected chi connectivity index (χ4v) is 1.26. The topological polar surface area (TPSA) is 0 Å². The van der Waals surface area contributed by atoms with Crippen LogP contribution in [0, 0.1) is 0 Å². The minimum absolute atomic E-state index is 0.933. The normalized spacial score (nSPS) is 19.8. The highest BCUT2D eigenvalue weighted by atomic mass is 15.3. The second kappa shape index (κ2) is 2.14. The molecule has 0 unspecified atom stereocenters. The molecule has 0 N–H and O–H groups in total. The Balaban J connectivity index is 2.38. The molecule has 1 saturated carbocycles. The van der Waals surface area contributed by atoms with Gasteiger partial charge in [-0.2, -0.15) is 0 Å². The van der Waals surface area contributed by atoms with E-state index in [1.54, 1.807) is 0 Å². The molecular weight excluding hydrogens is 110 g/mol. The minimum Gasteiger partial charge on any atom is -0.323 e. The average Bonchev–Trinajstić information content (AvgIpc) is 2.41. The Morgan fingerprint density at radius 2 is 2.11 bits per heavy atom. The summed E-state index contributed by atoms with van der Waals surface area (Å²) in [6.07, 6.45) is 4.85. The molecule has 1 heteroatoms. The largest absolute Gasteiger partial charge is 0.323 e. The summed E-state index contributed by atoms with van der Waals surface area (Å²) in [6, 6.07) is 0.933. The first-order chi connectivity index (χ1) is 4.17. The molecule has 0 bridgehead atoms. The lowest BCUT2D eigenvalue weighted by atomic mass is 10.4. The number of likely N-dealkylation sites (N-methyl/N-ethyl adjacent to an activating group) is 1. The molecule has 0 atom stereocenters. The van der Waals surface area contributed by atoms with Crippen LogP contribution in [0.15, 0.2) is 12.7 Å². The van der Waals surface area contributed by atoms with Gasteiger partial charge in [0.2, 0.25) is 0 Å². The Hall–Kier alpha value is -0.300. The lowest BCUT2D eigenvalue weighted by Crippen LogP contribution is -2.41. The molecule has 1 aliphatic rings. The Bertz CT molecular complexity index is 112. The van der Waals surface area contributed by atoms with E-state index >= 15 is 0 Å². The van der Waals surface area contributed by atoms with Crippen molar-refractivity contribution in [3.8, 4) is 0 Å². The molecule has 0 amide bonds. The maximum absolute atomic E-state index is 3.74. The van der Waals surface area contributed by atoms with E-state index in [-0.39, 0.29) is 0 Å². The fourth-order valence-electron chi connectivity index (χ4n) is 1.26. The van der Waals surface area contributed by atoms with E-state index in [2.05, 4.69) is 20.7 Å². The first-order valence-electron chi connectivity index (χ1n) is 3.60. The standard InChI is InChI=1S/C8H16N/c1-4-7-9(2,3)8-5-6-8/h4,8H,1,5-7H2,2-3H3/q+1. The summed E-state index contributed by atoms with van der Waals surface area (Å²) < 4.78 is 1.14. The van der Waals surface area contributed by atoms with Crippen molar-refractivity contribution in [2.45, 2.75) is 18.9 Å². The second-order valence-electron chi connectivity index (χ2n) is 3.48. The maximum Gasteiger partial charge on any atom is 0.0969 e. The van der Waals surface area contributed by atoms with Crippen LogP contribution in [0.3, 0.4) is 0 Å². The highest BCUT2D eigenvalue weighted by Crippen LogP contribution is 2.30. The molecule has 9 heavy (non-hydrogen) atoms. The van der Waals surface area contributed by atoms with Gasteiger partial charge in [0.1, 0.15) is 0 Å². The van der Waals surface area contributed by atoms with Crippen LogP contribution < -0.4 is 0 Å². The van der Waals surface area contributed by atoms with Crippen molar-refractivity contribution < 1.29 is 4.48 Å². The Kier molecular flexibility index (Phi) is 1.62. The van der Waals surface area contributed by atoms with E-state index in [1.807, 2.05) is 6.08 Å². The van der Waals surface area contributed by atoms with Crippen LogP contribution in [-0.2, 0) is 0 Å². The molecule has 0 radical (unpaired) electrons. The summed E-state index contributed by atoms with van der Waals surface area (Å²) >= 11 is 0. The van der Waals surface area contributed by atoms with E-state index in [1.165, 1.54) is 12.8 Å². The smallest absolute Gasteiger partial charge is 0.0969 e. The van der Waals surface area contributed by atoms with Gasteiger partial charge in [-0.05, 0) is 6.08 Å². The third-order valence-corrected chi connectivity index (χ3v) is 2.14. The molecule has 1 fully saturated rings. The molecular formula is C8H16N+. The molecule has 0 heterocycles. The van der Waals surface area contributed by atoms with Crippen molar-refractivity contribution in [2.24, 2.45) is 0 Å². The summed E-state index contributed by atoms with van der Waals surface area (Å²) in [6.45, 7) is 4.86. The number of nitrogens with zero attached hydrogens (tertiary/aromatic N) is 1. The lowest BCUT2D eigenvalue weighted by molar-refractivity contribution is -0.895. The van der Waals surface area contributed by atoms with Crippen LogP contribution in [0.5, 0.6) is 0 Å². The number of quaternary nitrogens is 1. The Labute approximate surface area is 57.6 Å². The maximum atomic E-state index is 3.74. The summed E-state index contributed by atoms with van der Waals surface area (Å²) in [7, 11) is 4.55. The van der Waals surface area contributed by atoms with Crippen molar-refractivity contribution in [1.29, 1.82) is 0 Å². The van der Waals surface area contributed by atoms with Gasteiger partial charge >= 0.3 is 0 Å². The van der Waals surface area contributed by atoms with Crippen molar-refractivity contribution in [3.05, 3.63) is 12.7 Å². The van der Waals surface area contributed by atoms with Gasteiger partial charge in [-0.3, -0.25) is 0 Å². The van der Waals surface area contributed by atoms with Crippen molar-refractivity contribution in [1.82, 2.24) is 0 Å². The molecule has 0 aromatic rings. The van der Waals surface area contributed by atoms with Crippen LogP contribution in [0.1, 0.15) is 12.8 Å². The van der Waals surface area contributed by atoms with Crippen molar-refractivity contribution in [2.75, 3.05) is 20.6 Å². The monoisotopic (exact) mass is 126 g/mol. The molecule has 52 valence electrons. The van der Waals surface area contributed by atoms with Crippen LogP contribution in [-0.4, -0.2) is 31.2 Å². The summed E-state index contributed by atoms with van der Waals surface area (Å²) in [5.41, 5.74) is 0. The van der Waals surface area contributed by atoms with E-state index in [0.717, 1.165) is 17.1 Å². The van der Waals surface area contributed by atoms with Crippen LogP contribution in [0.4, 0.5) is 0 Å². The van der Waals surface area contributed by atoms with Gasteiger partial charge in [0.15, 0.2) is 0 Å². The van der Waals surface area contributed by atoms with Crippen molar-refractivity contribution in [3.63, 3.8) is 0 Å². The van der Waals surface area contributed by atoms with Crippen LogP contribution in [0.25, 0.3) is 0 Å². The second-order valence-corrected chi connectivity index (χ2v) is 3.48. The third-order valence-electron chi connectivity index (χ3n) is 2.14. The Morgan fingerprint density at radius 1 is 1.56 bits per heavy atom. The number of hydrogen-bond acceptors (Lipinski definition) is 0. The van der Waals surface area contributed by atoms with Gasteiger partial charge in [-0.25, -0.2) is 0 Å². The van der Waals surface area contributed by atoms with Gasteiger partial charge in [0, 0.05) is 12.8 Å². The van der Waals surface area contributed by atoms with Crippen molar-refractivity contribution >= 4 is 0 Å². The zero-order valence-electron chi connectivity index (χ0n) is 6.43. The lowest BCUT2D eigenvalue weighted by Gasteiger charge is -2.28. The van der Waals surface area contributed by atoms with E-state index in [4.69, 9.17) is 0 Å². The molecule has 0 spiro atoms. The van der Waals surface area contributed by atoms with Crippen LogP contribution >= 0.6 is 0 Å². The Morgan fingerprint density at radius 3 is 2.44 bits per heavy atom. The molecule has 1 aliphatic carbocycles. The molecule has 0 aliphatic heterocycles. The molecule has 0 aromatic heterocycles. The predicted molar refractivity (Wildman–Crippen MR) is 40.2 cm³/mol.